The Morgan fingerprint density at radius 3 is 2.84 bits per heavy atom. The first-order valence-electron chi connectivity index (χ1n) is 7.33. The largest absolute Gasteiger partial charge is 0.493 e. The molecule has 1 unspecified atom stereocenters. The molecule has 1 aromatic carbocycles. The summed E-state index contributed by atoms with van der Waals surface area (Å²) in [6.45, 7) is 0.759. The van der Waals surface area contributed by atoms with E-state index in [2.05, 4.69) is 0 Å². The standard InChI is InChI=1S/C16H20Cl2O/c17-13-9-12-7-8-19-16(12)14(10-13)15(18)6-5-11-3-1-2-4-11/h9-11,15H,1-8H2. The van der Waals surface area contributed by atoms with Crippen LogP contribution in [-0.2, 0) is 6.42 Å². The molecule has 0 radical (unpaired) electrons. The summed E-state index contributed by atoms with van der Waals surface area (Å²) < 4.78 is 5.73. The lowest BCUT2D eigenvalue weighted by Crippen LogP contribution is -2.00. The van der Waals surface area contributed by atoms with E-state index < -0.39 is 0 Å². The number of benzene rings is 1. The molecule has 2 aliphatic rings. The molecule has 3 heteroatoms. The number of fused-ring (bicyclic) bond motifs is 1. The molecule has 1 nitrogen and oxygen atoms in total. The Bertz CT molecular complexity index is 452. The van der Waals surface area contributed by atoms with Crippen molar-refractivity contribution in [3.63, 3.8) is 0 Å². The van der Waals surface area contributed by atoms with Gasteiger partial charge < -0.3 is 4.74 Å². The highest BCUT2D eigenvalue weighted by molar-refractivity contribution is 6.31. The molecule has 0 amide bonds. The van der Waals surface area contributed by atoms with E-state index in [1.807, 2.05) is 12.1 Å². The lowest BCUT2D eigenvalue weighted by atomic mass is 9.96. The summed E-state index contributed by atoms with van der Waals surface area (Å²) in [4.78, 5) is 0. The number of hydrogen-bond acceptors (Lipinski definition) is 1. The third-order valence-electron chi connectivity index (χ3n) is 4.42. The summed E-state index contributed by atoms with van der Waals surface area (Å²) >= 11 is 12.8. The van der Waals surface area contributed by atoms with Crippen molar-refractivity contribution in [1.82, 2.24) is 0 Å². The van der Waals surface area contributed by atoms with Crippen LogP contribution in [0, 0.1) is 5.92 Å². The van der Waals surface area contributed by atoms with Crippen molar-refractivity contribution >= 4 is 23.2 Å². The smallest absolute Gasteiger partial charge is 0.127 e. The van der Waals surface area contributed by atoms with Crippen molar-refractivity contribution in [1.29, 1.82) is 0 Å². The van der Waals surface area contributed by atoms with Gasteiger partial charge in [0.25, 0.3) is 0 Å². The van der Waals surface area contributed by atoms with E-state index >= 15 is 0 Å². The van der Waals surface area contributed by atoms with E-state index in [-0.39, 0.29) is 5.38 Å². The van der Waals surface area contributed by atoms with Crippen LogP contribution in [0.2, 0.25) is 5.02 Å². The maximum atomic E-state index is 6.60. The van der Waals surface area contributed by atoms with Crippen LogP contribution in [0.1, 0.15) is 55.0 Å². The lowest BCUT2D eigenvalue weighted by Gasteiger charge is -2.16. The quantitative estimate of drug-likeness (QED) is 0.665. The zero-order valence-electron chi connectivity index (χ0n) is 11.1. The van der Waals surface area contributed by atoms with Crippen LogP contribution in [0.5, 0.6) is 5.75 Å². The Hall–Kier alpha value is -0.400. The van der Waals surface area contributed by atoms with Crippen LogP contribution in [0.4, 0.5) is 0 Å². The second kappa shape index (κ2) is 5.93. The molecule has 0 bridgehead atoms. The first-order chi connectivity index (χ1) is 9.24. The van der Waals surface area contributed by atoms with Gasteiger partial charge in [-0.25, -0.2) is 0 Å². The van der Waals surface area contributed by atoms with E-state index in [1.54, 1.807) is 0 Å². The molecular weight excluding hydrogens is 279 g/mol. The van der Waals surface area contributed by atoms with Crippen molar-refractivity contribution in [2.45, 2.75) is 50.3 Å². The van der Waals surface area contributed by atoms with Crippen LogP contribution in [0.15, 0.2) is 12.1 Å². The molecule has 0 N–H and O–H groups in total. The molecule has 19 heavy (non-hydrogen) atoms. The van der Waals surface area contributed by atoms with Gasteiger partial charge in [-0.1, -0.05) is 37.3 Å². The third kappa shape index (κ3) is 3.03. The Kier molecular flexibility index (Phi) is 4.24. The van der Waals surface area contributed by atoms with Crippen LogP contribution in [0.25, 0.3) is 0 Å². The van der Waals surface area contributed by atoms with Gasteiger partial charge in [0.15, 0.2) is 0 Å². The Labute approximate surface area is 125 Å². The SMILES string of the molecule is Clc1cc2c(c(C(Cl)CCC3CCCC3)c1)OCC2. The van der Waals surface area contributed by atoms with Gasteiger partial charge in [-0.05, 0) is 36.5 Å². The van der Waals surface area contributed by atoms with Crippen molar-refractivity contribution in [3.8, 4) is 5.75 Å². The minimum absolute atomic E-state index is 0.0335. The van der Waals surface area contributed by atoms with Crippen LogP contribution < -0.4 is 4.74 Å². The molecule has 0 spiro atoms. The summed E-state index contributed by atoms with van der Waals surface area (Å²) in [6, 6.07) is 3.99. The van der Waals surface area contributed by atoms with Crippen LogP contribution in [0.3, 0.4) is 0 Å². The van der Waals surface area contributed by atoms with Gasteiger partial charge in [-0.3, -0.25) is 0 Å². The van der Waals surface area contributed by atoms with Crippen molar-refractivity contribution in [3.05, 3.63) is 28.3 Å². The highest BCUT2D eigenvalue weighted by Crippen LogP contribution is 2.41. The average Bonchev–Trinajstić information content (AvgIpc) is 3.05. The van der Waals surface area contributed by atoms with Gasteiger partial charge in [0.2, 0.25) is 0 Å². The monoisotopic (exact) mass is 298 g/mol. The van der Waals surface area contributed by atoms with Gasteiger partial charge in [0.05, 0.1) is 12.0 Å². The minimum atomic E-state index is 0.0335. The number of alkyl halides is 1. The molecule has 1 fully saturated rings. The molecule has 1 aliphatic carbocycles. The van der Waals surface area contributed by atoms with E-state index in [0.717, 1.165) is 41.7 Å². The molecule has 0 saturated heterocycles. The fraction of sp³-hybridized carbons (Fsp3) is 0.625. The number of rotatable bonds is 4. The van der Waals surface area contributed by atoms with E-state index in [4.69, 9.17) is 27.9 Å². The molecule has 3 rings (SSSR count). The maximum Gasteiger partial charge on any atom is 0.127 e. The molecule has 1 saturated carbocycles. The van der Waals surface area contributed by atoms with Gasteiger partial charge in [0, 0.05) is 17.0 Å². The van der Waals surface area contributed by atoms with Gasteiger partial charge in [0.1, 0.15) is 5.75 Å². The van der Waals surface area contributed by atoms with Crippen molar-refractivity contribution in [2.24, 2.45) is 5.92 Å². The molecular formula is C16H20Cl2O. The zero-order chi connectivity index (χ0) is 13.2. The molecule has 0 aromatic heterocycles. The fourth-order valence-corrected chi connectivity index (χ4v) is 3.90. The highest BCUT2D eigenvalue weighted by Gasteiger charge is 2.23. The van der Waals surface area contributed by atoms with E-state index in [1.165, 1.54) is 37.7 Å². The highest BCUT2D eigenvalue weighted by atomic mass is 35.5. The number of halogens is 2. The summed E-state index contributed by atoms with van der Waals surface area (Å²) in [6.07, 6.45) is 8.77. The second-order valence-corrected chi connectivity index (χ2v) is 6.74. The Morgan fingerprint density at radius 1 is 1.26 bits per heavy atom. The fourth-order valence-electron chi connectivity index (χ4n) is 3.37. The summed E-state index contributed by atoms with van der Waals surface area (Å²) in [5.41, 5.74) is 2.31. The second-order valence-electron chi connectivity index (χ2n) is 5.78. The predicted molar refractivity (Wildman–Crippen MR) is 80.4 cm³/mol. The van der Waals surface area contributed by atoms with E-state index in [0.29, 0.717) is 0 Å². The Morgan fingerprint density at radius 2 is 2.05 bits per heavy atom. The number of hydrogen-bond donors (Lipinski definition) is 0. The third-order valence-corrected chi connectivity index (χ3v) is 5.09. The van der Waals surface area contributed by atoms with Crippen molar-refractivity contribution < 1.29 is 4.74 Å². The molecule has 1 aliphatic heterocycles. The first-order valence-corrected chi connectivity index (χ1v) is 8.14. The maximum absolute atomic E-state index is 6.60. The normalized spacial score (nSPS) is 20.3. The van der Waals surface area contributed by atoms with Gasteiger partial charge in [-0.15, -0.1) is 11.6 Å². The molecule has 104 valence electrons. The predicted octanol–water partition coefficient (Wildman–Crippen LogP) is 5.53. The lowest BCUT2D eigenvalue weighted by molar-refractivity contribution is 0.352. The van der Waals surface area contributed by atoms with Crippen LogP contribution in [-0.4, -0.2) is 6.61 Å². The Balaban J connectivity index is 1.70. The van der Waals surface area contributed by atoms with Crippen molar-refractivity contribution in [2.75, 3.05) is 6.61 Å². The summed E-state index contributed by atoms with van der Waals surface area (Å²) in [7, 11) is 0. The molecule has 1 atom stereocenters. The topological polar surface area (TPSA) is 9.23 Å². The summed E-state index contributed by atoms with van der Waals surface area (Å²) in [5, 5.41) is 0.817. The number of ether oxygens (including phenoxy) is 1. The van der Waals surface area contributed by atoms with Gasteiger partial charge in [-0.2, -0.15) is 0 Å². The average molecular weight is 299 g/mol. The van der Waals surface area contributed by atoms with E-state index in [9.17, 15) is 0 Å². The minimum Gasteiger partial charge on any atom is -0.493 e. The van der Waals surface area contributed by atoms with Gasteiger partial charge >= 0.3 is 0 Å². The van der Waals surface area contributed by atoms with Crippen LogP contribution >= 0.6 is 23.2 Å². The first kappa shape index (κ1) is 13.6. The summed E-state index contributed by atoms with van der Waals surface area (Å²) in [5.74, 6) is 1.88. The molecule has 1 aromatic rings. The zero-order valence-corrected chi connectivity index (χ0v) is 12.6. The molecule has 1 heterocycles.